The van der Waals surface area contributed by atoms with Gasteiger partial charge < -0.3 is 14.8 Å². The smallest absolute Gasteiger partial charge is 0.248 e. The Bertz CT molecular complexity index is 1030. The molecule has 0 saturated carbocycles. The minimum Gasteiger partial charge on any atom is -0.493 e. The number of ether oxygens (including phenoxy) is 2. The molecule has 8 heteroatoms. The molecule has 0 bridgehead atoms. The molecular formula is C21H24N2O5S. The Labute approximate surface area is 171 Å². The van der Waals surface area contributed by atoms with E-state index in [1.807, 2.05) is 0 Å². The van der Waals surface area contributed by atoms with Crippen LogP contribution >= 0.6 is 0 Å². The van der Waals surface area contributed by atoms with Gasteiger partial charge in [0.2, 0.25) is 15.9 Å². The van der Waals surface area contributed by atoms with E-state index in [1.165, 1.54) is 26.3 Å². The van der Waals surface area contributed by atoms with Gasteiger partial charge in [-0.1, -0.05) is 24.8 Å². The molecule has 0 aromatic heterocycles. The SMILES string of the molecule is C=CCOc1ccc(/C=C/C(=O)Nc2ccc(C)c(S(=O)(=O)NC)c2)cc1OC. The molecule has 2 aromatic carbocycles. The highest BCUT2D eigenvalue weighted by Gasteiger charge is 2.15. The molecule has 2 N–H and O–H groups in total. The number of sulfonamides is 1. The van der Waals surface area contributed by atoms with Gasteiger partial charge >= 0.3 is 0 Å². The molecule has 1 amide bonds. The Balaban J connectivity index is 2.14. The van der Waals surface area contributed by atoms with Gasteiger partial charge in [0, 0.05) is 11.8 Å². The predicted molar refractivity (Wildman–Crippen MR) is 114 cm³/mol. The molecule has 0 aliphatic heterocycles. The summed E-state index contributed by atoms with van der Waals surface area (Å²) in [5.41, 5.74) is 1.70. The van der Waals surface area contributed by atoms with Crippen molar-refractivity contribution in [2.75, 3.05) is 26.1 Å². The standard InChI is InChI=1S/C21H24N2O5S/c1-5-12-28-18-10-7-16(13-19(18)27-4)8-11-21(24)23-17-9-6-15(2)20(14-17)29(25,26)22-3/h5-11,13-14,22H,1,12H2,2-4H3,(H,23,24)/b11-8+. The van der Waals surface area contributed by atoms with Crippen molar-refractivity contribution in [3.63, 3.8) is 0 Å². The third-order valence-corrected chi connectivity index (χ3v) is 5.54. The van der Waals surface area contributed by atoms with E-state index < -0.39 is 15.9 Å². The number of rotatable bonds is 9. The zero-order chi connectivity index (χ0) is 21.4. The molecule has 0 aliphatic rings. The Morgan fingerprint density at radius 1 is 1.17 bits per heavy atom. The third-order valence-electron chi connectivity index (χ3n) is 3.99. The van der Waals surface area contributed by atoms with Crippen LogP contribution in [0.1, 0.15) is 11.1 Å². The second-order valence-electron chi connectivity index (χ2n) is 6.02. The quantitative estimate of drug-likeness (QED) is 0.484. The van der Waals surface area contributed by atoms with Crippen molar-refractivity contribution in [2.45, 2.75) is 11.8 Å². The van der Waals surface area contributed by atoms with Crippen LogP contribution in [-0.2, 0) is 14.8 Å². The molecule has 0 saturated heterocycles. The van der Waals surface area contributed by atoms with Crippen LogP contribution in [-0.4, -0.2) is 35.1 Å². The molecule has 29 heavy (non-hydrogen) atoms. The van der Waals surface area contributed by atoms with Crippen molar-refractivity contribution in [3.05, 3.63) is 66.3 Å². The van der Waals surface area contributed by atoms with Crippen LogP contribution in [0, 0.1) is 6.92 Å². The maximum absolute atomic E-state index is 12.2. The Morgan fingerprint density at radius 2 is 1.93 bits per heavy atom. The molecule has 0 spiro atoms. The van der Waals surface area contributed by atoms with Gasteiger partial charge in [-0.15, -0.1) is 0 Å². The molecule has 2 aromatic rings. The number of amides is 1. The first-order chi connectivity index (χ1) is 13.8. The van der Waals surface area contributed by atoms with Crippen molar-refractivity contribution < 1.29 is 22.7 Å². The molecule has 2 rings (SSSR count). The topological polar surface area (TPSA) is 93.7 Å². The Morgan fingerprint density at radius 3 is 2.59 bits per heavy atom. The summed E-state index contributed by atoms with van der Waals surface area (Å²) in [4.78, 5) is 12.3. The number of methoxy groups -OCH3 is 1. The largest absolute Gasteiger partial charge is 0.493 e. The number of carbonyl (C=O) groups is 1. The van der Waals surface area contributed by atoms with Crippen molar-refractivity contribution in [2.24, 2.45) is 0 Å². The first kappa shape index (κ1) is 22.2. The van der Waals surface area contributed by atoms with Crippen molar-refractivity contribution in [1.82, 2.24) is 4.72 Å². The third kappa shape index (κ3) is 5.94. The van der Waals surface area contributed by atoms with Gasteiger partial charge in [-0.05, 0) is 55.4 Å². The zero-order valence-electron chi connectivity index (χ0n) is 16.6. The summed E-state index contributed by atoms with van der Waals surface area (Å²) in [5, 5.41) is 2.66. The van der Waals surface area contributed by atoms with Crippen molar-refractivity contribution >= 4 is 27.7 Å². The average molecular weight is 416 g/mol. The molecule has 0 fully saturated rings. The number of anilines is 1. The van der Waals surface area contributed by atoms with E-state index in [4.69, 9.17) is 9.47 Å². The molecule has 154 valence electrons. The number of aryl methyl sites for hydroxylation is 1. The number of benzene rings is 2. The maximum atomic E-state index is 12.2. The zero-order valence-corrected chi connectivity index (χ0v) is 17.4. The summed E-state index contributed by atoms with van der Waals surface area (Å²) in [6.07, 6.45) is 4.61. The highest BCUT2D eigenvalue weighted by atomic mass is 32.2. The molecule has 0 radical (unpaired) electrons. The number of carbonyl (C=O) groups excluding carboxylic acids is 1. The van der Waals surface area contributed by atoms with E-state index in [9.17, 15) is 13.2 Å². The van der Waals surface area contributed by atoms with Crippen molar-refractivity contribution in [3.8, 4) is 11.5 Å². The van der Waals surface area contributed by atoms with Crippen molar-refractivity contribution in [1.29, 1.82) is 0 Å². The minimum absolute atomic E-state index is 0.113. The average Bonchev–Trinajstić information content (AvgIpc) is 2.72. The van der Waals surface area contributed by atoms with E-state index in [0.29, 0.717) is 29.4 Å². The lowest BCUT2D eigenvalue weighted by atomic mass is 10.2. The summed E-state index contributed by atoms with van der Waals surface area (Å²) in [5.74, 6) is 0.717. The number of nitrogens with one attached hydrogen (secondary N) is 2. The first-order valence-corrected chi connectivity index (χ1v) is 10.2. The van der Waals surface area contributed by atoms with Crippen LogP contribution in [0.4, 0.5) is 5.69 Å². The second kappa shape index (κ2) is 9.90. The fourth-order valence-corrected chi connectivity index (χ4v) is 3.48. The van der Waals surface area contributed by atoms with Gasteiger partial charge in [0.15, 0.2) is 11.5 Å². The van der Waals surface area contributed by atoms with Crippen LogP contribution in [0.3, 0.4) is 0 Å². The lowest BCUT2D eigenvalue weighted by molar-refractivity contribution is -0.111. The van der Waals surface area contributed by atoms with E-state index in [-0.39, 0.29) is 4.90 Å². The highest BCUT2D eigenvalue weighted by molar-refractivity contribution is 7.89. The van der Waals surface area contributed by atoms with E-state index >= 15 is 0 Å². The summed E-state index contributed by atoms with van der Waals surface area (Å²) in [6.45, 7) is 5.65. The summed E-state index contributed by atoms with van der Waals surface area (Å²) in [6, 6.07) is 9.97. The first-order valence-electron chi connectivity index (χ1n) is 8.75. The highest BCUT2D eigenvalue weighted by Crippen LogP contribution is 2.28. The van der Waals surface area contributed by atoms with Gasteiger partial charge in [0.05, 0.1) is 12.0 Å². The van der Waals surface area contributed by atoms with Crippen LogP contribution in [0.25, 0.3) is 6.08 Å². The molecule has 0 atom stereocenters. The summed E-state index contributed by atoms with van der Waals surface area (Å²) < 4.78 is 37.2. The van der Waals surface area contributed by atoms with E-state index in [0.717, 1.165) is 5.56 Å². The Kier molecular flexibility index (Phi) is 7.58. The lowest BCUT2D eigenvalue weighted by Crippen LogP contribution is -2.20. The van der Waals surface area contributed by atoms with Gasteiger partial charge in [-0.3, -0.25) is 4.79 Å². The fourth-order valence-electron chi connectivity index (χ4n) is 2.49. The van der Waals surface area contributed by atoms with Crippen LogP contribution in [0.5, 0.6) is 11.5 Å². The van der Waals surface area contributed by atoms with Crippen LogP contribution in [0.15, 0.2) is 60.0 Å². The Hall–Kier alpha value is -3.10. The van der Waals surface area contributed by atoms with Crippen LogP contribution in [0.2, 0.25) is 0 Å². The minimum atomic E-state index is -3.61. The fraction of sp³-hybridized carbons (Fsp3) is 0.190. The molecule has 0 heterocycles. The van der Waals surface area contributed by atoms with Crippen LogP contribution < -0.4 is 19.5 Å². The summed E-state index contributed by atoms with van der Waals surface area (Å²) >= 11 is 0. The monoisotopic (exact) mass is 416 g/mol. The van der Waals surface area contributed by atoms with E-state index in [1.54, 1.807) is 49.4 Å². The predicted octanol–water partition coefficient (Wildman–Crippen LogP) is 3.13. The van der Waals surface area contributed by atoms with Gasteiger partial charge in [0.25, 0.3) is 0 Å². The number of hydrogen-bond donors (Lipinski definition) is 2. The second-order valence-corrected chi connectivity index (χ2v) is 7.88. The van der Waals surface area contributed by atoms with Gasteiger partial charge in [-0.25, -0.2) is 13.1 Å². The lowest BCUT2D eigenvalue weighted by Gasteiger charge is -2.10. The van der Waals surface area contributed by atoms with Gasteiger partial charge in [0.1, 0.15) is 6.61 Å². The molecule has 7 nitrogen and oxygen atoms in total. The molecule has 0 aliphatic carbocycles. The van der Waals surface area contributed by atoms with Gasteiger partial charge in [-0.2, -0.15) is 0 Å². The molecular weight excluding hydrogens is 392 g/mol. The maximum Gasteiger partial charge on any atom is 0.248 e. The number of hydrogen-bond acceptors (Lipinski definition) is 5. The molecule has 0 unspecified atom stereocenters. The summed E-state index contributed by atoms with van der Waals surface area (Å²) in [7, 11) is -0.742. The van der Waals surface area contributed by atoms with E-state index in [2.05, 4.69) is 16.6 Å². The normalized spacial score (nSPS) is 11.3.